The van der Waals surface area contributed by atoms with E-state index in [-0.39, 0.29) is 18.2 Å². The highest BCUT2D eigenvalue weighted by atomic mass is 127. The molecule has 0 amide bonds. The summed E-state index contributed by atoms with van der Waals surface area (Å²) in [4.78, 5) is 20.8. The van der Waals surface area contributed by atoms with Gasteiger partial charge < -0.3 is 10.4 Å². The van der Waals surface area contributed by atoms with E-state index >= 15 is 0 Å². The van der Waals surface area contributed by atoms with Crippen LogP contribution in [0.4, 0.5) is 11.4 Å². The molecule has 6 nitrogen and oxygen atoms in total. The quantitative estimate of drug-likeness (QED) is 0.460. The number of nitrogens with one attached hydrogen (secondary N) is 1. The Morgan fingerprint density at radius 2 is 2.28 bits per heavy atom. The SMILES string of the molecule is CCC(CC(=O)O)Nc1ccc([N+](=O)[O-])cc1I. The summed E-state index contributed by atoms with van der Waals surface area (Å²) >= 11 is 1.99. The lowest BCUT2D eigenvalue weighted by Crippen LogP contribution is -2.22. The minimum atomic E-state index is -0.869. The third-order valence-electron chi connectivity index (χ3n) is 2.44. The van der Waals surface area contributed by atoms with E-state index in [1.54, 1.807) is 6.07 Å². The van der Waals surface area contributed by atoms with Crippen LogP contribution < -0.4 is 5.32 Å². The largest absolute Gasteiger partial charge is 0.481 e. The minimum absolute atomic E-state index is 0.0174. The molecule has 0 fully saturated rings. The minimum Gasteiger partial charge on any atom is -0.481 e. The summed E-state index contributed by atoms with van der Waals surface area (Å²) in [6.07, 6.45) is 0.683. The second-order valence-corrected chi connectivity index (χ2v) is 4.93. The number of carboxylic acid groups (broad SMARTS) is 1. The normalized spacial score (nSPS) is 11.9. The maximum atomic E-state index is 10.7. The van der Waals surface area contributed by atoms with Gasteiger partial charge in [-0.05, 0) is 35.1 Å². The van der Waals surface area contributed by atoms with Gasteiger partial charge in [0.1, 0.15) is 0 Å². The molecule has 1 aromatic carbocycles. The van der Waals surface area contributed by atoms with E-state index in [0.717, 1.165) is 0 Å². The van der Waals surface area contributed by atoms with Gasteiger partial charge in [-0.3, -0.25) is 14.9 Å². The van der Waals surface area contributed by atoms with Crippen LogP contribution in [0.2, 0.25) is 0 Å². The van der Waals surface area contributed by atoms with Crippen molar-refractivity contribution >= 4 is 39.9 Å². The lowest BCUT2D eigenvalue weighted by molar-refractivity contribution is -0.384. The monoisotopic (exact) mass is 364 g/mol. The zero-order valence-electron chi connectivity index (χ0n) is 9.72. The number of nitro groups is 1. The van der Waals surface area contributed by atoms with Crippen LogP contribution >= 0.6 is 22.6 Å². The number of anilines is 1. The number of hydrogen-bond donors (Lipinski definition) is 2. The number of halogens is 1. The van der Waals surface area contributed by atoms with E-state index in [0.29, 0.717) is 15.7 Å². The molecule has 0 aliphatic rings. The first-order valence-electron chi connectivity index (χ1n) is 5.36. The number of carbonyl (C=O) groups is 1. The third-order valence-corrected chi connectivity index (χ3v) is 3.33. The maximum absolute atomic E-state index is 10.7. The number of hydrogen-bond acceptors (Lipinski definition) is 4. The molecule has 1 atom stereocenters. The number of rotatable bonds is 6. The average Bonchev–Trinajstić information content (AvgIpc) is 2.29. The summed E-state index contributed by atoms with van der Waals surface area (Å²) in [6, 6.07) is 4.27. The van der Waals surface area contributed by atoms with Gasteiger partial charge in [0.05, 0.1) is 11.3 Å². The van der Waals surface area contributed by atoms with E-state index in [1.807, 2.05) is 29.5 Å². The molecule has 7 heteroatoms. The Balaban J connectivity index is 2.83. The second kappa shape index (κ2) is 6.53. The van der Waals surface area contributed by atoms with Crippen LogP contribution in [0.25, 0.3) is 0 Å². The Hall–Kier alpha value is -1.38. The summed E-state index contributed by atoms with van der Waals surface area (Å²) in [5, 5.41) is 22.4. The fourth-order valence-corrected chi connectivity index (χ4v) is 2.12. The van der Waals surface area contributed by atoms with Crippen LogP contribution in [0.15, 0.2) is 18.2 Å². The first kappa shape index (κ1) is 14.7. The van der Waals surface area contributed by atoms with Crippen LogP contribution in [0.5, 0.6) is 0 Å². The standard InChI is InChI=1S/C11H13IN2O4/c1-2-7(5-11(15)16)13-10-4-3-8(14(17)18)6-9(10)12/h3-4,6-7,13H,2,5H2,1H3,(H,15,16). The van der Waals surface area contributed by atoms with Crippen molar-refractivity contribution in [1.82, 2.24) is 0 Å². The van der Waals surface area contributed by atoms with Crippen molar-refractivity contribution in [3.63, 3.8) is 0 Å². The fourth-order valence-electron chi connectivity index (χ4n) is 1.46. The van der Waals surface area contributed by atoms with E-state index < -0.39 is 10.9 Å². The molecular weight excluding hydrogens is 351 g/mol. The van der Waals surface area contributed by atoms with Gasteiger partial charge in [-0.25, -0.2) is 0 Å². The second-order valence-electron chi connectivity index (χ2n) is 3.77. The van der Waals surface area contributed by atoms with Gasteiger partial charge in [0, 0.05) is 27.4 Å². The summed E-state index contributed by atoms with van der Waals surface area (Å²) in [6.45, 7) is 1.89. The number of nitrogens with zero attached hydrogens (tertiary/aromatic N) is 1. The topological polar surface area (TPSA) is 92.5 Å². The molecule has 0 aromatic heterocycles. The van der Waals surface area contributed by atoms with E-state index in [4.69, 9.17) is 5.11 Å². The van der Waals surface area contributed by atoms with Crippen molar-refractivity contribution in [3.05, 3.63) is 31.9 Å². The highest BCUT2D eigenvalue weighted by Gasteiger charge is 2.14. The number of nitro benzene ring substituents is 1. The fraction of sp³-hybridized carbons (Fsp3) is 0.364. The smallest absolute Gasteiger partial charge is 0.305 e. The number of benzene rings is 1. The van der Waals surface area contributed by atoms with Crippen LogP contribution in [0.3, 0.4) is 0 Å². The molecule has 0 saturated carbocycles. The van der Waals surface area contributed by atoms with Crippen LogP contribution in [-0.2, 0) is 4.79 Å². The molecule has 1 aromatic rings. The van der Waals surface area contributed by atoms with Crippen molar-refractivity contribution in [2.24, 2.45) is 0 Å². The van der Waals surface area contributed by atoms with E-state index in [9.17, 15) is 14.9 Å². The zero-order valence-corrected chi connectivity index (χ0v) is 11.9. The van der Waals surface area contributed by atoms with Crippen molar-refractivity contribution in [2.75, 3.05) is 5.32 Å². The Labute approximate surface area is 118 Å². The van der Waals surface area contributed by atoms with Gasteiger partial charge in [-0.15, -0.1) is 0 Å². The highest BCUT2D eigenvalue weighted by molar-refractivity contribution is 14.1. The first-order valence-corrected chi connectivity index (χ1v) is 6.44. The molecule has 18 heavy (non-hydrogen) atoms. The number of aliphatic carboxylic acids is 1. The van der Waals surface area contributed by atoms with Gasteiger partial charge in [0.2, 0.25) is 0 Å². The molecule has 1 unspecified atom stereocenters. The first-order chi connectivity index (χ1) is 8.43. The van der Waals surface area contributed by atoms with E-state index in [1.165, 1.54) is 12.1 Å². The molecular formula is C11H13IN2O4. The molecule has 0 bridgehead atoms. The highest BCUT2D eigenvalue weighted by Crippen LogP contribution is 2.25. The number of carboxylic acids is 1. The lowest BCUT2D eigenvalue weighted by Gasteiger charge is -2.17. The molecule has 0 aliphatic heterocycles. The van der Waals surface area contributed by atoms with Gasteiger partial charge in [0.25, 0.3) is 5.69 Å². The molecule has 0 heterocycles. The van der Waals surface area contributed by atoms with Crippen molar-refractivity contribution in [2.45, 2.75) is 25.8 Å². The predicted octanol–water partition coefficient (Wildman–Crippen LogP) is 2.86. The van der Waals surface area contributed by atoms with Crippen molar-refractivity contribution in [1.29, 1.82) is 0 Å². The van der Waals surface area contributed by atoms with Crippen molar-refractivity contribution in [3.8, 4) is 0 Å². The Kier molecular flexibility index (Phi) is 5.32. The van der Waals surface area contributed by atoms with Gasteiger partial charge in [-0.2, -0.15) is 0 Å². The third kappa shape index (κ3) is 4.13. The van der Waals surface area contributed by atoms with Gasteiger partial charge in [-0.1, -0.05) is 6.92 Å². The van der Waals surface area contributed by atoms with Crippen LogP contribution in [0.1, 0.15) is 19.8 Å². The molecule has 1 rings (SSSR count). The van der Waals surface area contributed by atoms with Gasteiger partial charge >= 0.3 is 5.97 Å². The molecule has 0 radical (unpaired) electrons. The molecule has 2 N–H and O–H groups in total. The van der Waals surface area contributed by atoms with Crippen LogP contribution in [0, 0.1) is 13.7 Å². The van der Waals surface area contributed by atoms with E-state index in [2.05, 4.69) is 5.32 Å². The Bertz CT molecular complexity index is 464. The molecule has 98 valence electrons. The Morgan fingerprint density at radius 3 is 2.72 bits per heavy atom. The number of non-ortho nitro benzene ring substituents is 1. The summed E-state index contributed by atoms with van der Waals surface area (Å²) < 4.78 is 0.700. The lowest BCUT2D eigenvalue weighted by atomic mass is 10.1. The molecule has 0 saturated heterocycles. The molecule has 0 aliphatic carbocycles. The summed E-state index contributed by atoms with van der Waals surface area (Å²) in [5.41, 5.74) is 0.741. The van der Waals surface area contributed by atoms with Crippen molar-refractivity contribution < 1.29 is 14.8 Å². The molecule has 0 spiro atoms. The maximum Gasteiger partial charge on any atom is 0.305 e. The summed E-state index contributed by atoms with van der Waals surface area (Å²) in [7, 11) is 0. The Morgan fingerprint density at radius 1 is 1.61 bits per heavy atom. The van der Waals surface area contributed by atoms with Gasteiger partial charge in [0.15, 0.2) is 0 Å². The summed E-state index contributed by atoms with van der Waals surface area (Å²) in [5.74, 6) is -0.869. The van der Waals surface area contributed by atoms with Crippen LogP contribution in [-0.4, -0.2) is 22.0 Å². The average molecular weight is 364 g/mol. The zero-order chi connectivity index (χ0) is 13.7. The predicted molar refractivity (Wildman–Crippen MR) is 75.8 cm³/mol.